The number of thiophene rings is 1. The molecule has 0 bridgehead atoms. The number of anilines is 1. The van der Waals surface area contributed by atoms with Crippen LogP contribution in [0.15, 0.2) is 41.8 Å². The van der Waals surface area contributed by atoms with Gasteiger partial charge in [0.1, 0.15) is 0 Å². The Hall–Kier alpha value is -1.28. The second kappa shape index (κ2) is 5.84. The van der Waals surface area contributed by atoms with E-state index in [0.29, 0.717) is 6.04 Å². The summed E-state index contributed by atoms with van der Waals surface area (Å²) >= 11 is 1.83. The molecular formula is C19H23NS. The van der Waals surface area contributed by atoms with Crippen LogP contribution in [-0.4, -0.2) is 6.04 Å². The van der Waals surface area contributed by atoms with Gasteiger partial charge in [0, 0.05) is 22.2 Å². The Morgan fingerprint density at radius 1 is 0.905 bits per heavy atom. The van der Waals surface area contributed by atoms with E-state index in [0.717, 1.165) is 11.8 Å². The molecule has 110 valence electrons. The molecule has 2 saturated carbocycles. The summed E-state index contributed by atoms with van der Waals surface area (Å²) in [5.74, 6) is 2.05. The van der Waals surface area contributed by atoms with E-state index in [2.05, 4.69) is 47.1 Å². The average Bonchev–Trinajstić information content (AvgIpc) is 3.24. The molecule has 0 spiro atoms. The van der Waals surface area contributed by atoms with Gasteiger partial charge in [0.2, 0.25) is 0 Å². The van der Waals surface area contributed by atoms with Crippen molar-refractivity contribution in [1.82, 2.24) is 0 Å². The Kier molecular flexibility index (Phi) is 3.72. The highest BCUT2D eigenvalue weighted by Gasteiger charge is 2.34. The molecule has 0 radical (unpaired) electrons. The topological polar surface area (TPSA) is 12.0 Å². The minimum atomic E-state index is 0.672. The molecule has 2 aliphatic carbocycles. The van der Waals surface area contributed by atoms with Gasteiger partial charge in [0.25, 0.3) is 0 Å². The van der Waals surface area contributed by atoms with Crippen LogP contribution in [0, 0.1) is 11.8 Å². The molecule has 0 saturated heterocycles. The molecule has 1 N–H and O–H groups in total. The zero-order valence-corrected chi connectivity index (χ0v) is 13.2. The third-order valence-electron chi connectivity index (χ3n) is 5.08. The maximum absolute atomic E-state index is 3.86. The fourth-order valence-electron chi connectivity index (χ4n) is 3.83. The minimum Gasteiger partial charge on any atom is -0.382 e. The first-order valence-electron chi connectivity index (χ1n) is 8.29. The van der Waals surface area contributed by atoms with E-state index in [1.165, 1.54) is 54.7 Å². The molecule has 21 heavy (non-hydrogen) atoms. The lowest BCUT2D eigenvalue weighted by Gasteiger charge is -2.31. The fraction of sp³-hybridized carbons (Fsp3) is 0.474. The van der Waals surface area contributed by atoms with Crippen molar-refractivity contribution < 1.29 is 0 Å². The molecule has 1 aromatic carbocycles. The monoisotopic (exact) mass is 297 g/mol. The average molecular weight is 297 g/mol. The second-order valence-corrected chi connectivity index (χ2v) is 7.58. The van der Waals surface area contributed by atoms with Gasteiger partial charge in [-0.1, -0.05) is 37.1 Å². The molecule has 0 amide bonds. The van der Waals surface area contributed by atoms with E-state index in [1.807, 2.05) is 11.3 Å². The highest BCUT2D eigenvalue weighted by atomic mass is 32.1. The van der Waals surface area contributed by atoms with Crippen molar-refractivity contribution in [3.8, 4) is 10.4 Å². The molecule has 4 rings (SSSR count). The summed E-state index contributed by atoms with van der Waals surface area (Å²) < 4.78 is 0. The number of benzene rings is 1. The van der Waals surface area contributed by atoms with Gasteiger partial charge in [-0.15, -0.1) is 11.3 Å². The lowest BCUT2D eigenvalue weighted by Crippen LogP contribution is -2.28. The smallest absolute Gasteiger partial charge is 0.0430 e. The fourth-order valence-corrected chi connectivity index (χ4v) is 4.60. The Morgan fingerprint density at radius 3 is 2.62 bits per heavy atom. The van der Waals surface area contributed by atoms with E-state index in [-0.39, 0.29) is 0 Å². The first kappa shape index (κ1) is 13.4. The molecule has 2 fully saturated rings. The summed E-state index contributed by atoms with van der Waals surface area (Å²) in [7, 11) is 0. The number of hydrogen-bond donors (Lipinski definition) is 1. The Balaban J connectivity index is 1.51. The maximum atomic E-state index is 3.86. The van der Waals surface area contributed by atoms with Crippen molar-refractivity contribution in [3.63, 3.8) is 0 Å². The number of para-hydroxylation sites is 1. The van der Waals surface area contributed by atoms with Gasteiger partial charge >= 0.3 is 0 Å². The van der Waals surface area contributed by atoms with Gasteiger partial charge in [-0.3, -0.25) is 0 Å². The standard InChI is InChI=1S/C19H23NS/c1-2-8-18(17(7-1)19-9-4-12-21-19)20-16-6-3-5-15(13-16)14-10-11-14/h1-2,4,7-9,12,14-16,20H,3,5-6,10-11,13H2. The number of hydrogen-bond acceptors (Lipinski definition) is 2. The maximum Gasteiger partial charge on any atom is 0.0430 e. The van der Waals surface area contributed by atoms with Crippen LogP contribution in [0.25, 0.3) is 10.4 Å². The Morgan fingerprint density at radius 2 is 1.81 bits per heavy atom. The van der Waals surface area contributed by atoms with Crippen molar-refractivity contribution in [2.45, 2.75) is 44.6 Å². The van der Waals surface area contributed by atoms with E-state index in [9.17, 15) is 0 Å². The highest BCUT2D eigenvalue weighted by Crippen LogP contribution is 2.44. The zero-order chi connectivity index (χ0) is 14.1. The number of rotatable bonds is 4. The third-order valence-corrected chi connectivity index (χ3v) is 5.98. The van der Waals surface area contributed by atoms with E-state index >= 15 is 0 Å². The van der Waals surface area contributed by atoms with Crippen LogP contribution in [-0.2, 0) is 0 Å². The summed E-state index contributed by atoms with van der Waals surface area (Å²) in [6.07, 6.45) is 8.56. The molecular weight excluding hydrogens is 274 g/mol. The molecule has 2 aromatic rings. The van der Waals surface area contributed by atoms with Crippen molar-refractivity contribution in [2.24, 2.45) is 11.8 Å². The molecule has 1 nitrogen and oxygen atoms in total. The normalized spacial score (nSPS) is 25.7. The lowest BCUT2D eigenvalue weighted by molar-refractivity contribution is 0.303. The SMILES string of the molecule is c1csc(-c2ccccc2NC2CCCC(C3CC3)C2)c1. The van der Waals surface area contributed by atoms with Crippen LogP contribution in [0.1, 0.15) is 38.5 Å². The van der Waals surface area contributed by atoms with Crippen molar-refractivity contribution in [3.05, 3.63) is 41.8 Å². The Labute approximate surface area is 131 Å². The summed E-state index contributed by atoms with van der Waals surface area (Å²) in [6, 6.07) is 13.8. The van der Waals surface area contributed by atoms with E-state index < -0.39 is 0 Å². The molecule has 2 aliphatic rings. The summed E-state index contributed by atoms with van der Waals surface area (Å²) in [4.78, 5) is 1.37. The Bertz CT molecular complexity index is 585. The molecule has 1 heterocycles. The zero-order valence-electron chi connectivity index (χ0n) is 12.4. The van der Waals surface area contributed by atoms with Gasteiger partial charge in [0.15, 0.2) is 0 Å². The lowest BCUT2D eigenvalue weighted by atomic mass is 9.82. The second-order valence-electron chi connectivity index (χ2n) is 6.63. The molecule has 2 atom stereocenters. The first-order valence-corrected chi connectivity index (χ1v) is 9.17. The third kappa shape index (κ3) is 3.01. The molecule has 2 unspecified atom stereocenters. The van der Waals surface area contributed by atoms with Gasteiger partial charge < -0.3 is 5.32 Å². The molecule has 1 aromatic heterocycles. The molecule has 2 heteroatoms. The van der Waals surface area contributed by atoms with Gasteiger partial charge in [-0.05, 0) is 55.0 Å². The van der Waals surface area contributed by atoms with Crippen LogP contribution in [0.5, 0.6) is 0 Å². The van der Waals surface area contributed by atoms with Crippen molar-refractivity contribution >= 4 is 17.0 Å². The number of nitrogens with one attached hydrogen (secondary N) is 1. The van der Waals surface area contributed by atoms with Crippen LogP contribution in [0.4, 0.5) is 5.69 Å². The predicted molar refractivity (Wildman–Crippen MR) is 91.8 cm³/mol. The highest BCUT2D eigenvalue weighted by molar-refractivity contribution is 7.13. The predicted octanol–water partition coefficient (Wildman–Crippen LogP) is 5.80. The van der Waals surface area contributed by atoms with Crippen LogP contribution >= 0.6 is 11.3 Å². The van der Waals surface area contributed by atoms with Gasteiger partial charge in [-0.25, -0.2) is 0 Å². The van der Waals surface area contributed by atoms with E-state index in [4.69, 9.17) is 0 Å². The molecule has 0 aliphatic heterocycles. The van der Waals surface area contributed by atoms with Crippen molar-refractivity contribution in [2.75, 3.05) is 5.32 Å². The van der Waals surface area contributed by atoms with Crippen molar-refractivity contribution in [1.29, 1.82) is 0 Å². The summed E-state index contributed by atoms with van der Waals surface area (Å²) in [5, 5.41) is 6.02. The van der Waals surface area contributed by atoms with Gasteiger partial charge in [-0.2, -0.15) is 0 Å². The quantitative estimate of drug-likeness (QED) is 0.752. The van der Waals surface area contributed by atoms with Crippen LogP contribution in [0.3, 0.4) is 0 Å². The van der Waals surface area contributed by atoms with E-state index in [1.54, 1.807) is 0 Å². The van der Waals surface area contributed by atoms with Crippen LogP contribution < -0.4 is 5.32 Å². The minimum absolute atomic E-state index is 0.672. The summed E-state index contributed by atoms with van der Waals surface area (Å²) in [6.45, 7) is 0. The summed E-state index contributed by atoms with van der Waals surface area (Å²) in [5.41, 5.74) is 2.68. The largest absolute Gasteiger partial charge is 0.382 e. The van der Waals surface area contributed by atoms with Crippen LogP contribution in [0.2, 0.25) is 0 Å². The first-order chi connectivity index (χ1) is 10.4. The van der Waals surface area contributed by atoms with Gasteiger partial charge in [0.05, 0.1) is 0 Å².